The third-order valence-electron chi connectivity index (χ3n) is 3.56. The molecule has 0 bridgehead atoms. The Bertz CT molecular complexity index is 317. The van der Waals surface area contributed by atoms with Gasteiger partial charge in [-0.25, -0.2) is 4.79 Å². The van der Waals surface area contributed by atoms with Gasteiger partial charge in [0.15, 0.2) is 0 Å². The third kappa shape index (κ3) is 3.29. The Balaban J connectivity index is 1.88. The molecule has 1 aliphatic carbocycles. The van der Waals surface area contributed by atoms with Gasteiger partial charge in [0.25, 0.3) is 0 Å². The molecular weight excluding hydrogens is 252 g/mol. The average molecular weight is 275 g/mol. The van der Waals surface area contributed by atoms with Crippen molar-refractivity contribution >= 4 is 17.7 Å². The van der Waals surface area contributed by atoms with Gasteiger partial charge in [0.2, 0.25) is 0 Å². The van der Waals surface area contributed by atoms with Gasteiger partial charge in [-0.1, -0.05) is 0 Å². The van der Waals surface area contributed by atoms with Gasteiger partial charge in [0.1, 0.15) is 5.60 Å². The Morgan fingerprint density at radius 3 is 2.83 bits per heavy atom. The molecule has 1 saturated heterocycles. The minimum atomic E-state index is -0.419. The smallest absolute Gasteiger partial charge is 0.410 e. The quantitative estimate of drug-likeness (QED) is 0.630. The molecule has 5 heteroatoms. The van der Waals surface area contributed by atoms with Gasteiger partial charge in [-0.15, -0.1) is 11.6 Å². The van der Waals surface area contributed by atoms with Crippen LogP contribution in [0.15, 0.2) is 0 Å². The molecule has 2 unspecified atom stereocenters. The molecule has 2 aliphatic rings. The van der Waals surface area contributed by atoms with E-state index < -0.39 is 5.60 Å². The highest BCUT2D eigenvalue weighted by atomic mass is 35.5. The SMILES string of the molecule is CC(C)(C)OC(=O)N1CC2CC2[C@H]1CNCCCl. The highest BCUT2D eigenvalue weighted by molar-refractivity contribution is 6.18. The van der Waals surface area contributed by atoms with E-state index in [1.54, 1.807) is 0 Å². The number of amides is 1. The number of alkyl halides is 1. The summed E-state index contributed by atoms with van der Waals surface area (Å²) in [6, 6.07) is 0.285. The van der Waals surface area contributed by atoms with Crippen molar-refractivity contribution in [1.29, 1.82) is 0 Å². The summed E-state index contributed by atoms with van der Waals surface area (Å²) < 4.78 is 5.46. The van der Waals surface area contributed by atoms with Gasteiger partial charge in [0.05, 0.1) is 6.04 Å². The third-order valence-corrected chi connectivity index (χ3v) is 3.74. The average Bonchev–Trinajstić information content (AvgIpc) is 2.92. The van der Waals surface area contributed by atoms with E-state index in [1.165, 1.54) is 6.42 Å². The fourth-order valence-corrected chi connectivity index (χ4v) is 2.81. The normalized spacial score (nSPS) is 30.2. The maximum absolute atomic E-state index is 12.1. The van der Waals surface area contributed by atoms with Crippen LogP contribution in [-0.2, 0) is 4.74 Å². The summed E-state index contributed by atoms with van der Waals surface area (Å²) in [5, 5.41) is 3.30. The largest absolute Gasteiger partial charge is 0.444 e. The van der Waals surface area contributed by atoms with Crippen molar-refractivity contribution in [2.24, 2.45) is 11.8 Å². The molecule has 1 heterocycles. The summed E-state index contributed by atoms with van der Waals surface area (Å²) in [4.78, 5) is 14.0. The van der Waals surface area contributed by atoms with Crippen LogP contribution in [0.25, 0.3) is 0 Å². The molecule has 0 radical (unpaired) electrons. The highest BCUT2D eigenvalue weighted by Crippen LogP contribution is 2.49. The first-order valence-electron chi connectivity index (χ1n) is 6.68. The van der Waals surface area contributed by atoms with E-state index in [4.69, 9.17) is 16.3 Å². The molecule has 3 atom stereocenters. The standard InChI is InChI=1S/C13H23ClN2O2/c1-13(2,3)18-12(17)16-8-9-6-10(9)11(16)7-15-5-4-14/h9-11,15H,4-8H2,1-3H3/t9?,10?,11-/m1/s1. The molecule has 1 aliphatic heterocycles. The zero-order chi connectivity index (χ0) is 13.3. The topological polar surface area (TPSA) is 41.6 Å². The molecule has 0 spiro atoms. The van der Waals surface area contributed by atoms with Gasteiger partial charge in [-0.3, -0.25) is 0 Å². The first-order chi connectivity index (χ1) is 8.42. The van der Waals surface area contributed by atoms with E-state index >= 15 is 0 Å². The number of carbonyl (C=O) groups excluding carboxylic acids is 1. The number of halogens is 1. The monoisotopic (exact) mass is 274 g/mol. The van der Waals surface area contributed by atoms with E-state index in [2.05, 4.69) is 5.32 Å². The number of nitrogens with one attached hydrogen (secondary N) is 1. The number of nitrogens with zero attached hydrogens (tertiary/aromatic N) is 1. The van der Waals surface area contributed by atoms with Crippen molar-refractivity contribution in [3.8, 4) is 0 Å². The molecule has 0 aromatic rings. The Kier molecular flexibility index (Phi) is 4.07. The van der Waals surface area contributed by atoms with Crippen LogP contribution >= 0.6 is 11.6 Å². The molecule has 4 nitrogen and oxygen atoms in total. The van der Waals surface area contributed by atoms with Crippen LogP contribution in [0.4, 0.5) is 4.79 Å². The second-order valence-electron chi connectivity index (χ2n) is 6.25. The second kappa shape index (κ2) is 5.25. The number of fused-ring (bicyclic) bond motifs is 1. The first kappa shape index (κ1) is 13.9. The van der Waals surface area contributed by atoms with Crippen LogP contribution in [0.1, 0.15) is 27.2 Å². The van der Waals surface area contributed by atoms with Crippen molar-refractivity contribution in [1.82, 2.24) is 10.2 Å². The number of piperidine rings is 1. The maximum Gasteiger partial charge on any atom is 0.410 e. The number of ether oxygens (including phenoxy) is 1. The molecule has 1 saturated carbocycles. The van der Waals surface area contributed by atoms with Gasteiger partial charge in [-0.2, -0.15) is 0 Å². The zero-order valence-electron chi connectivity index (χ0n) is 11.4. The lowest BCUT2D eigenvalue weighted by Crippen LogP contribution is -2.46. The van der Waals surface area contributed by atoms with Crippen LogP contribution in [0.5, 0.6) is 0 Å². The van der Waals surface area contributed by atoms with Crippen molar-refractivity contribution < 1.29 is 9.53 Å². The predicted octanol–water partition coefficient (Wildman–Crippen LogP) is 2.07. The minimum Gasteiger partial charge on any atom is -0.444 e. The summed E-state index contributed by atoms with van der Waals surface area (Å²) in [6.07, 6.45) is 1.08. The van der Waals surface area contributed by atoms with E-state index in [0.29, 0.717) is 17.7 Å². The van der Waals surface area contributed by atoms with Crippen molar-refractivity contribution in [3.05, 3.63) is 0 Å². The molecular formula is C13H23ClN2O2. The number of carbonyl (C=O) groups is 1. The van der Waals surface area contributed by atoms with Crippen LogP contribution in [0.3, 0.4) is 0 Å². The van der Waals surface area contributed by atoms with Crippen LogP contribution in [0.2, 0.25) is 0 Å². The molecule has 0 aromatic carbocycles. The van der Waals surface area contributed by atoms with Gasteiger partial charge < -0.3 is 15.0 Å². The molecule has 18 heavy (non-hydrogen) atoms. The lowest BCUT2D eigenvalue weighted by atomic mass is 10.2. The molecule has 2 rings (SSSR count). The Morgan fingerprint density at radius 1 is 1.50 bits per heavy atom. The van der Waals surface area contributed by atoms with Crippen LogP contribution in [-0.4, -0.2) is 48.2 Å². The number of hydrogen-bond acceptors (Lipinski definition) is 3. The summed E-state index contributed by atoms with van der Waals surface area (Å²) >= 11 is 5.65. The van der Waals surface area contributed by atoms with E-state index in [1.807, 2.05) is 25.7 Å². The summed E-state index contributed by atoms with van der Waals surface area (Å²) in [7, 11) is 0. The van der Waals surface area contributed by atoms with E-state index in [9.17, 15) is 4.79 Å². The second-order valence-corrected chi connectivity index (χ2v) is 6.63. The first-order valence-corrected chi connectivity index (χ1v) is 7.22. The fourth-order valence-electron chi connectivity index (χ4n) is 2.68. The molecule has 0 aromatic heterocycles. The lowest BCUT2D eigenvalue weighted by molar-refractivity contribution is 0.0194. The molecule has 2 fully saturated rings. The van der Waals surface area contributed by atoms with Crippen molar-refractivity contribution in [3.63, 3.8) is 0 Å². The Morgan fingerprint density at radius 2 is 2.22 bits per heavy atom. The molecule has 104 valence electrons. The van der Waals surface area contributed by atoms with Crippen molar-refractivity contribution in [2.45, 2.75) is 38.8 Å². The summed E-state index contributed by atoms with van der Waals surface area (Å²) in [5.41, 5.74) is -0.419. The van der Waals surface area contributed by atoms with Gasteiger partial charge >= 0.3 is 6.09 Å². The van der Waals surface area contributed by atoms with Gasteiger partial charge in [-0.05, 0) is 39.0 Å². The fraction of sp³-hybridized carbons (Fsp3) is 0.923. The predicted molar refractivity (Wildman–Crippen MR) is 71.9 cm³/mol. The maximum atomic E-state index is 12.1. The molecule has 1 amide bonds. The van der Waals surface area contributed by atoms with E-state index in [-0.39, 0.29) is 12.1 Å². The molecule has 1 N–H and O–H groups in total. The van der Waals surface area contributed by atoms with Crippen molar-refractivity contribution in [2.75, 3.05) is 25.5 Å². The summed E-state index contributed by atoms with van der Waals surface area (Å²) in [5.74, 6) is 1.97. The zero-order valence-corrected chi connectivity index (χ0v) is 12.2. The van der Waals surface area contributed by atoms with Crippen LogP contribution < -0.4 is 5.32 Å². The lowest BCUT2D eigenvalue weighted by Gasteiger charge is -2.30. The van der Waals surface area contributed by atoms with Gasteiger partial charge in [0, 0.05) is 25.5 Å². The van der Waals surface area contributed by atoms with E-state index in [0.717, 1.165) is 19.6 Å². The van der Waals surface area contributed by atoms with Crippen LogP contribution in [0, 0.1) is 11.8 Å². The summed E-state index contributed by atoms with van der Waals surface area (Å²) in [6.45, 7) is 8.19. The number of rotatable bonds is 4. The number of hydrogen-bond donors (Lipinski definition) is 1. The Hall–Kier alpha value is -0.480. The number of likely N-dealkylation sites (tertiary alicyclic amines) is 1. The highest BCUT2D eigenvalue weighted by Gasteiger charge is 2.54. The minimum absolute atomic E-state index is 0.174. The Labute approximate surface area is 114 Å².